The van der Waals surface area contributed by atoms with Crippen LogP contribution in [0, 0.1) is 12.8 Å². The van der Waals surface area contributed by atoms with E-state index in [-0.39, 0.29) is 6.04 Å². The molecule has 0 saturated heterocycles. The Hall–Kier alpha value is -0.430. The van der Waals surface area contributed by atoms with E-state index in [1.807, 2.05) is 6.92 Å². The van der Waals surface area contributed by atoms with Crippen LogP contribution in [0.3, 0.4) is 0 Å². The van der Waals surface area contributed by atoms with Gasteiger partial charge >= 0.3 is 0 Å². The average Bonchev–Trinajstić information content (AvgIpc) is 3.08. The van der Waals surface area contributed by atoms with Crippen LogP contribution in [0.15, 0.2) is 10.3 Å². The minimum Gasteiger partial charge on any atom is -0.309 e. The second-order valence-corrected chi connectivity index (χ2v) is 9.30. The van der Waals surface area contributed by atoms with Crippen LogP contribution in [0.1, 0.15) is 43.0 Å². The predicted molar refractivity (Wildman–Crippen MR) is 81.4 cm³/mol. The second kappa shape index (κ2) is 5.40. The molecule has 0 radical (unpaired) electrons. The summed E-state index contributed by atoms with van der Waals surface area (Å²) in [5.74, 6) is 0.645. The van der Waals surface area contributed by atoms with Gasteiger partial charge in [0.05, 0.1) is 0 Å². The van der Waals surface area contributed by atoms with Gasteiger partial charge in [-0.15, -0.1) is 11.3 Å². The maximum absolute atomic E-state index is 12.3. The zero-order chi connectivity index (χ0) is 14.3. The maximum Gasteiger partial charge on any atom is 0.250 e. The van der Waals surface area contributed by atoms with E-state index in [0.29, 0.717) is 16.2 Å². The van der Waals surface area contributed by atoms with Gasteiger partial charge in [-0.1, -0.05) is 6.92 Å². The molecule has 2 saturated carbocycles. The van der Waals surface area contributed by atoms with Crippen molar-refractivity contribution < 1.29 is 8.42 Å². The van der Waals surface area contributed by atoms with Crippen molar-refractivity contribution in [1.29, 1.82) is 0 Å². The van der Waals surface area contributed by atoms with Crippen molar-refractivity contribution in [2.24, 2.45) is 5.92 Å². The molecule has 1 heterocycles. The first-order valence-electron chi connectivity index (χ1n) is 7.29. The molecule has 4 nitrogen and oxygen atoms in total. The summed E-state index contributed by atoms with van der Waals surface area (Å²) in [6, 6.07) is 2.58. The van der Waals surface area contributed by atoms with E-state index in [1.165, 1.54) is 24.2 Å². The van der Waals surface area contributed by atoms with E-state index >= 15 is 0 Å². The van der Waals surface area contributed by atoms with Crippen LogP contribution < -0.4 is 10.0 Å². The zero-order valence-corrected chi connectivity index (χ0v) is 13.6. The molecule has 0 amide bonds. The molecule has 2 fully saturated rings. The van der Waals surface area contributed by atoms with E-state index in [2.05, 4.69) is 17.0 Å². The molecule has 112 valence electrons. The zero-order valence-electron chi connectivity index (χ0n) is 12.0. The molecule has 0 atom stereocenters. The Morgan fingerprint density at radius 2 is 2.00 bits per heavy atom. The molecule has 20 heavy (non-hydrogen) atoms. The highest BCUT2D eigenvalue weighted by Crippen LogP contribution is 2.31. The van der Waals surface area contributed by atoms with E-state index in [1.54, 1.807) is 6.07 Å². The van der Waals surface area contributed by atoms with Gasteiger partial charge in [0, 0.05) is 23.5 Å². The third-order valence-electron chi connectivity index (χ3n) is 4.09. The van der Waals surface area contributed by atoms with Gasteiger partial charge in [-0.3, -0.25) is 0 Å². The number of nitrogens with one attached hydrogen (secondary N) is 2. The summed E-state index contributed by atoms with van der Waals surface area (Å²) in [4.78, 5) is 1.14. The maximum atomic E-state index is 12.3. The Morgan fingerprint density at radius 3 is 2.60 bits per heavy atom. The first-order chi connectivity index (χ1) is 9.44. The first-order valence-corrected chi connectivity index (χ1v) is 9.59. The average molecular weight is 314 g/mol. The fourth-order valence-electron chi connectivity index (χ4n) is 2.60. The number of rotatable bonds is 6. The minimum absolute atomic E-state index is 0.130. The molecule has 2 N–H and O–H groups in total. The summed E-state index contributed by atoms with van der Waals surface area (Å²) >= 11 is 1.40. The van der Waals surface area contributed by atoms with E-state index in [4.69, 9.17) is 0 Å². The topological polar surface area (TPSA) is 58.2 Å². The van der Waals surface area contributed by atoms with Crippen molar-refractivity contribution in [2.75, 3.05) is 0 Å². The molecule has 2 aliphatic rings. The van der Waals surface area contributed by atoms with Crippen molar-refractivity contribution >= 4 is 21.4 Å². The Labute approximate surface area is 125 Å². The summed E-state index contributed by atoms with van der Waals surface area (Å²) in [5, 5.41) is 3.44. The van der Waals surface area contributed by atoms with Gasteiger partial charge < -0.3 is 5.32 Å². The van der Waals surface area contributed by atoms with E-state index in [9.17, 15) is 8.42 Å². The lowest BCUT2D eigenvalue weighted by atomic mass is 9.83. The lowest BCUT2D eigenvalue weighted by molar-refractivity contribution is 0.270. The van der Waals surface area contributed by atoms with Crippen LogP contribution in [0.4, 0.5) is 0 Å². The SMILES string of the molecule is Cc1cc(S(=O)(=O)NC2CC(C)C2)sc1CNC1CC1. The fourth-order valence-corrected chi connectivity index (χ4v) is 5.42. The normalized spacial score (nSPS) is 26.5. The molecule has 2 aliphatic carbocycles. The van der Waals surface area contributed by atoms with Crippen molar-refractivity contribution in [1.82, 2.24) is 10.0 Å². The quantitative estimate of drug-likeness (QED) is 0.847. The van der Waals surface area contributed by atoms with Gasteiger partial charge in [0.25, 0.3) is 0 Å². The number of thiophene rings is 1. The van der Waals surface area contributed by atoms with Gasteiger partial charge in [0.1, 0.15) is 4.21 Å². The lowest BCUT2D eigenvalue weighted by Gasteiger charge is -2.32. The van der Waals surface area contributed by atoms with E-state index < -0.39 is 10.0 Å². The van der Waals surface area contributed by atoms with Crippen molar-refractivity contribution in [3.8, 4) is 0 Å². The second-order valence-electron chi connectivity index (χ2n) is 6.22. The van der Waals surface area contributed by atoms with Gasteiger partial charge in [-0.05, 0) is 50.2 Å². The van der Waals surface area contributed by atoms with Crippen molar-refractivity contribution in [3.63, 3.8) is 0 Å². The Balaban J connectivity index is 1.67. The van der Waals surface area contributed by atoms with Gasteiger partial charge in [-0.2, -0.15) is 0 Å². The van der Waals surface area contributed by atoms with Crippen LogP contribution >= 0.6 is 11.3 Å². The predicted octanol–water partition coefficient (Wildman–Crippen LogP) is 2.39. The third kappa shape index (κ3) is 3.24. The molecular formula is C14H22N2O2S2. The number of hydrogen-bond acceptors (Lipinski definition) is 4. The summed E-state index contributed by atoms with van der Waals surface area (Å²) in [5.41, 5.74) is 1.07. The van der Waals surface area contributed by atoms with Gasteiger partial charge in [0.2, 0.25) is 10.0 Å². The molecule has 0 bridgehead atoms. The summed E-state index contributed by atoms with van der Waals surface area (Å²) in [7, 11) is -3.33. The Morgan fingerprint density at radius 1 is 1.30 bits per heavy atom. The molecule has 1 aromatic heterocycles. The van der Waals surface area contributed by atoms with Crippen LogP contribution in [0.25, 0.3) is 0 Å². The summed E-state index contributed by atoms with van der Waals surface area (Å²) in [6.45, 7) is 4.93. The smallest absolute Gasteiger partial charge is 0.250 e. The van der Waals surface area contributed by atoms with Crippen molar-refractivity contribution in [3.05, 3.63) is 16.5 Å². The number of aryl methyl sites for hydroxylation is 1. The summed E-state index contributed by atoms with van der Waals surface area (Å²) < 4.78 is 28.0. The molecule has 0 spiro atoms. The molecular weight excluding hydrogens is 292 g/mol. The third-order valence-corrected chi connectivity index (χ3v) is 7.32. The first kappa shape index (κ1) is 14.5. The minimum atomic E-state index is -3.33. The molecule has 6 heteroatoms. The fraction of sp³-hybridized carbons (Fsp3) is 0.714. The van der Waals surface area contributed by atoms with E-state index in [0.717, 1.165) is 29.8 Å². The number of hydrogen-bond donors (Lipinski definition) is 2. The van der Waals surface area contributed by atoms with Crippen LogP contribution in [0.5, 0.6) is 0 Å². The standard InChI is InChI=1S/C14H22N2O2S2/c1-9-5-12(6-9)16-20(17,18)14-7-10(2)13(19-14)8-15-11-3-4-11/h7,9,11-12,15-16H,3-6,8H2,1-2H3. The highest BCUT2D eigenvalue weighted by Gasteiger charge is 2.31. The lowest BCUT2D eigenvalue weighted by Crippen LogP contribution is -2.43. The highest BCUT2D eigenvalue weighted by atomic mass is 32.2. The monoisotopic (exact) mass is 314 g/mol. The molecule has 0 aliphatic heterocycles. The van der Waals surface area contributed by atoms with Crippen molar-refractivity contribution in [2.45, 2.75) is 62.4 Å². The van der Waals surface area contributed by atoms with Gasteiger partial charge in [0.15, 0.2) is 0 Å². The molecule has 0 aromatic carbocycles. The van der Waals surface area contributed by atoms with Gasteiger partial charge in [-0.25, -0.2) is 13.1 Å². The van der Waals surface area contributed by atoms with Crippen LogP contribution in [-0.4, -0.2) is 20.5 Å². The van der Waals surface area contributed by atoms with Crippen LogP contribution in [-0.2, 0) is 16.6 Å². The Bertz CT molecular complexity index is 584. The molecule has 3 rings (SSSR count). The highest BCUT2D eigenvalue weighted by molar-refractivity contribution is 7.91. The van der Waals surface area contributed by atoms with Crippen LogP contribution in [0.2, 0.25) is 0 Å². The largest absolute Gasteiger partial charge is 0.309 e. The summed E-state index contributed by atoms with van der Waals surface area (Å²) in [6.07, 6.45) is 4.41. The molecule has 0 unspecified atom stereocenters. The number of sulfonamides is 1. The Kier molecular flexibility index (Phi) is 3.92. The molecule has 1 aromatic rings.